The smallest absolute Gasteiger partial charge is 0.292 e. The van der Waals surface area contributed by atoms with Crippen LogP contribution in [0.4, 0.5) is 0 Å². The number of amides is 1. The van der Waals surface area contributed by atoms with E-state index >= 15 is 0 Å². The van der Waals surface area contributed by atoms with Crippen LogP contribution in [0, 0.1) is 0 Å². The number of piperidine rings is 1. The first kappa shape index (κ1) is 22.2. The van der Waals surface area contributed by atoms with Gasteiger partial charge in [-0.15, -0.1) is 10.2 Å². The summed E-state index contributed by atoms with van der Waals surface area (Å²) < 4.78 is 1.89. The van der Waals surface area contributed by atoms with Gasteiger partial charge in [0.15, 0.2) is 5.65 Å². The Morgan fingerprint density at radius 3 is 2.51 bits per heavy atom. The fraction of sp³-hybridized carbons (Fsp3) is 0.241. The summed E-state index contributed by atoms with van der Waals surface area (Å²) in [5.41, 5.74) is 6.74. The van der Waals surface area contributed by atoms with Gasteiger partial charge in [0.05, 0.1) is 17.6 Å². The van der Waals surface area contributed by atoms with E-state index in [2.05, 4.69) is 44.4 Å². The number of nitrogens with one attached hydrogen (secondary N) is 2. The first-order valence-electron chi connectivity index (χ1n) is 13.3. The molecule has 2 bridgehead atoms. The number of carbonyl (C=O) groups is 1. The van der Waals surface area contributed by atoms with Crippen molar-refractivity contribution in [3.05, 3.63) is 85.0 Å². The van der Waals surface area contributed by atoms with E-state index in [4.69, 9.17) is 15.1 Å². The minimum absolute atomic E-state index is 0.0572. The molecule has 2 saturated heterocycles. The van der Waals surface area contributed by atoms with Crippen LogP contribution in [-0.4, -0.2) is 62.6 Å². The number of hydrogen-bond acceptors (Lipinski definition) is 6. The average Bonchev–Trinajstić information content (AvgIpc) is 3.79. The van der Waals surface area contributed by atoms with Gasteiger partial charge in [-0.1, -0.05) is 36.4 Å². The molecule has 2 aliphatic rings. The lowest BCUT2D eigenvalue weighted by Crippen LogP contribution is -2.46. The summed E-state index contributed by atoms with van der Waals surface area (Å²) >= 11 is 0. The van der Waals surface area contributed by atoms with E-state index in [0.717, 1.165) is 70.4 Å². The Morgan fingerprint density at radius 2 is 1.77 bits per heavy atom. The molecular weight excluding hydrogens is 490 g/mol. The quantitative estimate of drug-likeness (QED) is 0.354. The van der Waals surface area contributed by atoms with Crippen LogP contribution in [0.25, 0.3) is 39.1 Å². The fourth-order valence-corrected chi connectivity index (χ4v) is 6.54. The van der Waals surface area contributed by atoms with Gasteiger partial charge in [0, 0.05) is 52.5 Å². The van der Waals surface area contributed by atoms with Crippen molar-refractivity contribution in [1.29, 1.82) is 0 Å². The van der Waals surface area contributed by atoms with E-state index in [0.29, 0.717) is 5.82 Å². The number of nitrogens with zero attached hydrogens (tertiary/aromatic N) is 7. The molecular formula is C29H25N9O. The highest BCUT2D eigenvalue weighted by atomic mass is 16.2. The zero-order valence-corrected chi connectivity index (χ0v) is 21.0. The first-order valence-corrected chi connectivity index (χ1v) is 13.3. The number of H-pyrrole nitrogens is 2. The van der Waals surface area contributed by atoms with Crippen LogP contribution in [0.2, 0.25) is 0 Å². The van der Waals surface area contributed by atoms with Gasteiger partial charge in [0.25, 0.3) is 5.91 Å². The van der Waals surface area contributed by atoms with Gasteiger partial charge in [0.1, 0.15) is 12.0 Å². The van der Waals surface area contributed by atoms with Gasteiger partial charge < -0.3 is 14.9 Å². The van der Waals surface area contributed by atoms with Gasteiger partial charge in [-0.05, 0) is 37.8 Å². The molecule has 7 heterocycles. The van der Waals surface area contributed by atoms with E-state index < -0.39 is 0 Å². The summed E-state index contributed by atoms with van der Waals surface area (Å²) in [7, 11) is 0. The van der Waals surface area contributed by atoms with Crippen molar-refractivity contribution < 1.29 is 4.79 Å². The number of hydrogen-bond donors (Lipinski definition) is 2. The molecule has 10 heteroatoms. The van der Waals surface area contributed by atoms with E-state index in [1.165, 1.54) is 6.33 Å². The molecule has 0 spiro atoms. The molecule has 1 aromatic carbocycles. The lowest BCUT2D eigenvalue weighted by molar-refractivity contribution is 0.0558. The highest BCUT2D eigenvalue weighted by molar-refractivity contribution is 5.91. The van der Waals surface area contributed by atoms with E-state index in [1.807, 2.05) is 52.3 Å². The molecule has 10 nitrogen and oxygen atoms in total. The minimum Gasteiger partial charge on any atom is -0.346 e. The Hall–Kier alpha value is -4.86. The zero-order valence-electron chi connectivity index (χ0n) is 21.0. The van der Waals surface area contributed by atoms with Crippen molar-refractivity contribution in [2.45, 2.75) is 43.7 Å². The summed E-state index contributed by atoms with van der Waals surface area (Å²) in [5, 5.41) is 13.5. The maximum Gasteiger partial charge on any atom is 0.292 e. The molecule has 2 fully saturated rings. The van der Waals surface area contributed by atoms with E-state index in [-0.39, 0.29) is 23.9 Å². The maximum absolute atomic E-state index is 13.1. The van der Waals surface area contributed by atoms with Crippen LogP contribution in [0.15, 0.2) is 73.4 Å². The molecule has 2 N–H and O–H groups in total. The predicted molar refractivity (Wildman–Crippen MR) is 145 cm³/mol. The number of aromatic nitrogens is 8. The Bertz CT molecular complexity index is 1790. The maximum atomic E-state index is 13.1. The van der Waals surface area contributed by atoms with E-state index in [1.54, 1.807) is 0 Å². The second-order valence-electron chi connectivity index (χ2n) is 10.4. The molecule has 0 saturated carbocycles. The summed E-state index contributed by atoms with van der Waals surface area (Å²) in [6, 6.07) is 16.7. The second-order valence-corrected chi connectivity index (χ2v) is 10.4. The number of fused-ring (bicyclic) bond motifs is 5. The third kappa shape index (κ3) is 3.48. The standard InChI is InChI=1S/C29H25N9O/c39-29(26-32-16-33-36-26)37-20-7-8-21(37)13-19(12-20)25-22-10-11-30-27(22)38-28(35-25)23(15-34-38)18-6-9-24(31-14-18)17-4-2-1-3-5-17/h1-6,9-11,14-16,19-21,30H,7-8,12-13H2,(H,32,33,36)/t19-,20+,21-. The highest BCUT2D eigenvalue weighted by Gasteiger charge is 2.45. The van der Waals surface area contributed by atoms with Gasteiger partial charge in [0.2, 0.25) is 5.82 Å². The monoisotopic (exact) mass is 515 g/mol. The van der Waals surface area contributed by atoms with Crippen molar-refractivity contribution >= 4 is 22.6 Å². The zero-order chi connectivity index (χ0) is 25.9. The molecule has 3 atom stereocenters. The predicted octanol–water partition coefficient (Wildman–Crippen LogP) is 4.61. The summed E-state index contributed by atoms with van der Waals surface area (Å²) in [5.74, 6) is 0.498. The average molecular weight is 516 g/mol. The molecule has 5 aromatic heterocycles. The number of benzene rings is 1. The molecule has 2 aliphatic heterocycles. The van der Waals surface area contributed by atoms with Gasteiger partial charge in [-0.2, -0.15) is 9.61 Å². The van der Waals surface area contributed by atoms with E-state index in [9.17, 15) is 4.79 Å². The third-order valence-electron chi connectivity index (χ3n) is 8.30. The van der Waals surface area contributed by atoms with Gasteiger partial charge >= 0.3 is 0 Å². The van der Waals surface area contributed by atoms with Crippen LogP contribution < -0.4 is 0 Å². The Kier molecular flexibility index (Phi) is 4.88. The SMILES string of the molecule is O=C(c1nnc[nH]1)N1[C@@H]2CC[C@H]1C[C@@H](c1nc3c(-c4ccc(-c5ccccc5)nc4)cnn3c3[nH]ccc13)C2. The fourth-order valence-electron chi connectivity index (χ4n) is 6.54. The topological polar surface area (TPSA) is 121 Å². The molecule has 192 valence electrons. The molecule has 6 aromatic rings. The van der Waals surface area contributed by atoms with Gasteiger partial charge in [-0.25, -0.2) is 4.98 Å². The molecule has 0 radical (unpaired) electrons. The number of aromatic amines is 2. The molecule has 0 aliphatic carbocycles. The van der Waals surface area contributed by atoms with Crippen molar-refractivity contribution in [3.8, 4) is 22.4 Å². The summed E-state index contributed by atoms with van der Waals surface area (Å²) in [4.78, 5) is 31.4. The Morgan fingerprint density at radius 1 is 0.923 bits per heavy atom. The molecule has 0 unspecified atom stereocenters. The van der Waals surface area contributed by atoms with Crippen LogP contribution in [0.1, 0.15) is 47.9 Å². The third-order valence-corrected chi connectivity index (χ3v) is 8.30. The molecule has 39 heavy (non-hydrogen) atoms. The van der Waals surface area contributed by atoms with Gasteiger partial charge in [-0.3, -0.25) is 9.78 Å². The van der Waals surface area contributed by atoms with Crippen molar-refractivity contribution in [2.24, 2.45) is 0 Å². The highest BCUT2D eigenvalue weighted by Crippen LogP contribution is 2.45. The minimum atomic E-state index is -0.0572. The Balaban J connectivity index is 1.16. The molecule has 8 rings (SSSR count). The largest absolute Gasteiger partial charge is 0.346 e. The number of pyridine rings is 1. The second kappa shape index (κ2) is 8.59. The first-order chi connectivity index (χ1) is 19.2. The van der Waals surface area contributed by atoms with Crippen LogP contribution >= 0.6 is 0 Å². The van der Waals surface area contributed by atoms with Crippen molar-refractivity contribution in [2.75, 3.05) is 0 Å². The normalized spacial score (nSPS) is 20.7. The van der Waals surface area contributed by atoms with Crippen LogP contribution in [0.5, 0.6) is 0 Å². The van der Waals surface area contributed by atoms with Crippen molar-refractivity contribution in [1.82, 2.24) is 44.6 Å². The lowest BCUT2D eigenvalue weighted by atomic mass is 9.86. The number of carbonyl (C=O) groups excluding carboxylic acids is 1. The van der Waals surface area contributed by atoms with Crippen LogP contribution in [0.3, 0.4) is 0 Å². The number of rotatable bonds is 4. The van der Waals surface area contributed by atoms with Crippen LogP contribution in [-0.2, 0) is 0 Å². The summed E-state index contributed by atoms with van der Waals surface area (Å²) in [6.07, 6.45) is 10.9. The Labute approximate surface area is 223 Å². The summed E-state index contributed by atoms with van der Waals surface area (Å²) in [6.45, 7) is 0. The van der Waals surface area contributed by atoms with Crippen molar-refractivity contribution in [3.63, 3.8) is 0 Å². The lowest BCUT2D eigenvalue weighted by Gasteiger charge is -2.38. The molecule has 1 amide bonds.